The normalized spacial score (nSPS) is 16.5. The predicted molar refractivity (Wildman–Crippen MR) is 516 cm³/mol. The summed E-state index contributed by atoms with van der Waals surface area (Å²) in [4.78, 5) is 57.2. The van der Waals surface area contributed by atoms with Crippen LogP contribution in [0.5, 0.6) is 0 Å². The van der Waals surface area contributed by atoms with Crippen LogP contribution in [0.2, 0.25) is 25.2 Å². The summed E-state index contributed by atoms with van der Waals surface area (Å²) >= 11 is 32.9. The number of rotatable bonds is 12. The average Bonchev–Trinajstić information content (AvgIpc) is 1.32. The topological polar surface area (TPSA) is 173 Å². The Balaban J connectivity index is 0.000000132. The van der Waals surface area contributed by atoms with Crippen LogP contribution in [0.4, 0.5) is 40.8 Å². The van der Waals surface area contributed by atoms with E-state index in [-0.39, 0.29) is 45.6 Å². The number of halogens is 9. The second-order valence-electron chi connectivity index (χ2n) is 33.1. The number of amidine groups is 1. The van der Waals surface area contributed by atoms with E-state index in [9.17, 15) is 22.4 Å². The summed E-state index contributed by atoms with van der Waals surface area (Å²) in [6.45, 7) is 26.9. The van der Waals surface area contributed by atoms with Gasteiger partial charge in [0, 0.05) is 124 Å². The number of fused-ring (bicyclic) bond motifs is 3. The first-order chi connectivity index (χ1) is 61.2. The molecule has 18 rings (SSSR count). The van der Waals surface area contributed by atoms with Crippen LogP contribution < -0.4 is 20.4 Å². The number of carbonyl (C=O) groups is 1. The van der Waals surface area contributed by atoms with E-state index >= 15 is 0 Å². The minimum atomic E-state index is -0.407. The Labute approximate surface area is 764 Å². The van der Waals surface area contributed by atoms with Gasteiger partial charge in [0.2, 0.25) is 5.91 Å². The smallest absolute Gasteiger partial charge is 0.246 e. The Morgan fingerprint density at radius 1 is 0.402 bits per heavy atom. The molecule has 11 heterocycles. The highest BCUT2D eigenvalue weighted by atomic mass is 35.5. The number of nitrogens with two attached hydrogens (primary N) is 1. The van der Waals surface area contributed by atoms with Crippen LogP contribution in [-0.4, -0.2) is 120 Å². The van der Waals surface area contributed by atoms with E-state index in [2.05, 4.69) is 92.1 Å². The lowest BCUT2D eigenvalue weighted by molar-refractivity contribution is -0.126. The van der Waals surface area contributed by atoms with Crippen molar-refractivity contribution in [3.05, 3.63) is 289 Å². The van der Waals surface area contributed by atoms with E-state index < -0.39 is 5.82 Å². The first-order valence-corrected chi connectivity index (χ1v) is 45.0. The largest absolute Gasteiger partial charge is 0.383 e. The number of hydrogen-bond acceptors (Lipinski definition) is 13. The van der Waals surface area contributed by atoms with Gasteiger partial charge in [-0.3, -0.25) is 10.2 Å². The molecule has 1 amide bonds. The Morgan fingerprint density at radius 3 is 1.10 bits per heavy atom. The van der Waals surface area contributed by atoms with Crippen LogP contribution >= 0.6 is 58.0 Å². The fraction of sp³-hybridized carbons (Fsp3) is 0.272. The zero-order chi connectivity index (χ0) is 89.8. The number of hydrogen-bond donors (Lipinski definition) is 2. The third kappa shape index (κ3) is 18.8. The number of aryl methyl sites for hydroxylation is 5. The lowest BCUT2D eigenvalue weighted by atomic mass is 9.95. The van der Waals surface area contributed by atoms with Gasteiger partial charge in [-0.25, -0.2) is 52.4 Å². The molecule has 14 aromatic rings. The summed E-state index contributed by atoms with van der Waals surface area (Å²) in [5.74, 6) is 1.65. The van der Waals surface area contributed by atoms with Crippen LogP contribution in [0.3, 0.4) is 0 Å². The summed E-state index contributed by atoms with van der Waals surface area (Å²) in [5, 5.41) is 12.7. The number of nitrogens with zero attached hydrogens (tertiary/aromatic N) is 12. The summed E-state index contributed by atoms with van der Waals surface area (Å²) < 4.78 is 58.2. The Morgan fingerprint density at radius 2 is 0.732 bits per heavy atom. The van der Waals surface area contributed by atoms with Crippen molar-refractivity contribution in [3.63, 3.8) is 0 Å². The summed E-state index contributed by atoms with van der Waals surface area (Å²) in [6, 6.07) is 58.7. The number of nitrogen functional groups attached to an aromatic ring is 1. The van der Waals surface area contributed by atoms with Crippen molar-refractivity contribution < 1.29 is 22.4 Å². The molecule has 24 heteroatoms. The number of anilines is 4. The molecule has 4 fully saturated rings. The number of piperazine rings is 1. The Bertz CT molecular complexity index is 6350. The van der Waals surface area contributed by atoms with Crippen LogP contribution in [-0.2, 0) is 4.79 Å². The third-order valence-corrected chi connectivity index (χ3v) is 26.1. The Kier molecular flexibility index (Phi) is 27.9. The molecule has 0 unspecified atom stereocenters. The van der Waals surface area contributed by atoms with E-state index in [0.717, 1.165) is 164 Å². The number of piperidine rings is 3. The molecule has 4 aliphatic heterocycles. The van der Waals surface area contributed by atoms with Crippen molar-refractivity contribution in [2.75, 3.05) is 59.7 Å². The van der Waals surface area contributed by atoms with Gasteiger partial charge in [-0.15, -0.1) is 0 Å². The number of nitrogens with one attached hydrogen (secondary N) is 1. The van der Waals surface area contributed by atoms with Crippen molar-refractivity contribution in [2.45, 2.75) is 144 Å². The van der Waals surface area contributed by atoms with Gasteiger partial charge in [-0.1, -0.05) is 186 Å². The van der Waals surface area contributed by atoms with Gasteiger partial charge in [0.15, 0.2) is 0 Å². The molecule has 3 N–H and O–H groups in total. The number of amides is 1. The minimum absolute atomic E-state index is 0.0158. The van der Waals surface area contributed by atoms with E-state index in [0.29, 0.717) is 115 Å². The number of carbonyl (C=O) groups excluding carboxylic acids is 1. The highest BCUT2D eigenvalue weighted by Crippen LogP contribution is 2.47. The summed E-state index contributed by atoms with van der Waals surface area (Å²) in [5.41, 5.74) is 23.0. The molecule has 4 atom stereocenters. The molecule has 0 radical (unpaired) electrons. The van der Waals surface area contributed by atoms with Gasteiger partial charge in [-0.2, -0.15) is 0 Å². The van der Waals surface area contributed by atoms with Crippen molar-refractivity contribution >= 4 is 126 Å². The monoisotopic (exact) mass is 1800 g/mol. The van der Waals surface area contributed by atoms with Crippen molar-refractivity contribution in [1.29, 1.82) is 5.41 Å². The molecule has 0 aliphatic carbocycles. The second kappa shape index (κ2) is 39.3. The van der Waals surface area contributed by atoms with Gasteiger partial charge in [-0.05, 0) is 232 Å². The fourth-order valence-electron chi connectivity index (χ4n) is 17.9. The van der Waals surface area contributed by atoms with Gasteiger partial charge < -0.3 is 30.2 Å². The van der Waals surface area contributed by atoms with Crippen LogP contribution in [0.15, 0.2) is 207 Å². The van der Waals surface area contributed by atoms with Crippen molar-refractivity contribution in [2.24, 2.45) is 0 Å². The van der Waals surface area contributed by atoms with Gasteiger partial charge >= 0.3 is 0 Å². The second-order valence-corrected chi connectivity index (χ2v) is 35.1. The zero-order valence-corrected chi connectivity index (χ0v) is 76.2. The molecule has 7 aromatic heterocycles. The molecule has 0 spiro atoms. The standard InChI is InChI=1S/C30H28ClFN4O.C28H27ClFN3.C27H26ClFN4.C18H18Cl2FN3/c1-5-26(37)35-14-15-36(19(3)17-35)30-23-16-24(31)28(22-12-8-9-13-25(22)32)34-29(23)27(20(4)33-30)21-11-7-6-10-18(21)2;1-17-10-4-5-12-20(17)25-19(3)31-28(33-15-9-8-11-18(33)2)22-16-23(29)26(32-27(22)25)21-13-6-7-14-24(21)30;1-16-9-3-4-11-18(16)23-25-20(27(32-26(23)30)33-14-8-7-10-17(33)2)15-21(28)24(31-25)19-12-5-6-13-22(19)29;1-11-6-4-5-9-24(11)18(22)13-10-14(19)16(23-17(13)20)12-7-2-3-8-15(12)21/h5-13,16,19H,1,14-15,17H2,2-4H3;4-7,10,12-14,16,18H,8-9,11,15H2,1-3H3;3-6,9,11-13,15,17H,7-8,10,14H2,1-2H3,(H2,30,32);2-3,7-8,10-11,22H,4-6,9H2,1H3/t19-;18-;17-;11-/m0000/s1. The van der Waals surface area contributed by atoms with E-state index in [1.807, 2.05) is 98.5 Å². The van der Waals surface area contributed by atoms with E-state index in [4.69, 9.17) is 99.1 Å². The molecule has 4 aliphatic rings. The lowest BCUT2D eigenvalue weighted by Gasteiger charge is -2.41. The van der Waals surface area contributed by atoms with Crippen LogP contribution in [0.25, 0.3) is 111 Å². The maximum Gasteiger partial charge on any atom is 0.246 e. The molecule has 0 saturated carbocycles. The third-order valence-electron chi connectivity index (χ3n) is 24.7. The molecule has 15 nitrogen and oxygen atoms in total. The number of aromatic nitrogens is 7. The van der Waals surface area contributed by atoms with Gasteiger partial charge in [0.1, 0.15) is 57.5 Å². The van der Waals surface area contributed by atoms with Crippen LogP contribution in [0, 0.1) is 63.3 Å². The first-order valence-electron chi connectivity index (χ1n) is 43.1. The molecule has 7 aromatic carbocycles. The summed E-state index contributed by atoms with van der Waals surface area (Å²) in [6.07, 6.45) is 11.5. The lowest BCUT2D eigenvalue weighted by Crippen LogP contribution is -2.53. The molecule has 127 heavy (non-hydrogen) atoms. The Hall–Kier alpha value is -11.6. The quantitative estimate of drug-likeness (QED) is 0.0389. The fourth-order valence-corrected chi connectivity index (χ4v) is 19.2. The number of benzene rings is 7. The zero-order valence-electron chi connectivity index (χ0n) is 72.4. The maximum atomic E-state index is 14.8. The predicted octanol–water partition coefficient (Wildman–Crippen LogP) is 26.8. The maximum absolute atomic E-state index is 14.8. The van der Waals surface area contributed by atoms with Crippen LogP contribution in [0.1, 0.15) is 119 Å². The average molecular weight is 1800 g/mol. The molecule has 650 valence electrons. The highest BCUT2D eigenvalue weighted by Gasteiger charge is 2.34. The van der Waals surface area contributed by atoms with Crippen molar-refractivity contribution in [1.82, 2.24) is 44.7 Å². The van der Waals surface area contributed by atoms with Gasteiger partial charge in [0.25, 0.3) is 0 Å². The number of pyridine rings is 7. The SMILES string of the molecule is C=CC(=O)N1CCN(c2nc(C)c(-c3ccccc3C)c3nc(-c4ccccc4F)c(Cl)cc23)[C@@H](C)C1.C[C@H]1CCCCN1C(=N)c1cc(Cl)c(-c2ccccc2F)nc1Cl.Cc1ccccc1-c1c(C)nc(N2CCCC[C@@H]2C)c2cc(Cl)c(-c3ccccc3F)nc12.Cc1ccccc1-c1c(N)nc(N2CCCC[C@@H]2C)c2cc(Cl)c(-c3ccccc3F)nc12. The molecular formula is C103H99Cl5F4N14O. The van der Waals surface area contributed by atoms with E-state index in [1.54, 1.807) is 77.7 Å². The van der Waals surface area contributed by atoms with Crippen molar-refractivity contribution in [3.8, 4) is 78.4 Å². The number of likely N-dealkylation sites (tertiary alicyclic amines) is 1. The summed E-state index contributed by atoms with van der Waals surface area (Å²) in [7, 11) is 0. The van der Waals surface area contributed by atoms with E-state index in [1.165, 1.54) is 49.6 Å². The first kappa shape index (κ1) is 90.2. The molecule has 4 saturated heterocycles. The van der Waals surface area contributed by atoms with Gasteiger partial charge in [0.05, 0.1) is 70.5 Å². The molecular weight excluding hydrogens is 1700 g/mol. The highest BCUT2D eigenvalue weighted by molar-refractivity contribution is 6.37. The molecule has 0 bridgehead atoms. The minimum Gasteiger partial charge on any atom is -0.383 e.